The van der Waals surface area contributed by atoms with Crippen LogP contribution in [0.1, 0.15) is 31.4 Å². The van der Waals surface area contributed by atoms with E-state index in [0.29, 0.717) is 13.0 Å². The number of carbonyl (C=O) groups excluding carboxylic acids is 1. The molecule has 94 valence electrons. The summed E-state index contributed by atoms with van der Waals surface area (Å²) in [6.07, 6.45) is 0.0850. The molecule has 0 aliphatic carbocycles. The molecule has 0 amide bonds. The molecule has 1 rings (SSSR count). The maximum atomic E-state index is 11.7. The third-order valence-electron chi connectivity index (χ3n) is 2.59. The Kier molecular flexibility index (Phi) is 5.01. The van der Waals surface area contributed by atoms with Gasteiger partial charge in [-0.25, -0.2) is 4.79 Å². The van der Waals surface area contributed by atoms with E-state index in [9.17, 15) is 4.79 Å². The molecule has 17 heavy (non-hydrogen) atoms. The third kappa shape index (κ3) is 3.48. The molecule has 0 unspecified atom stereocenters. The number of aryl methyl sites for hydroxylation is 2. The minimum Gasteiger partial charge on any atom is -0.478 e. The smallest absolute Gasteiger partial charge is 0.347 e. The first-order valence-electron chi connectivity index (χ1n) is 5.99. The number of hydrogen-bond acceptors (Lipinski definition) is 3. The van der Waals surface area contributed by atoms with E-state index in [1.54, 1.807) is 6.92 Å². The van der Waals surface area contributed by atoms with Crippen molar-refractivity contribution in [2.45, 2.75) is 40.2 Å². The zero-order valence-electron chi connectivity index (χ0n) is 10.9. The van der Waals surface area contributed by atoms with E-state index in [1.165, 1.54) is 0 Å². The highest BCUT2D eigenvalue weighted by atomic mass is 16.6. The van der Waals surface area contributed by atoms with E-state index in [0.717, 1.165) is 16.9 Å². The topological polar surface area (TPSA) is 35.5 Å². The number of ether oxygens (including phenoxy) is 2. The molecular formula is C14H20O3. The molecule has 0 aliphatic rings. The molecule has 1 aromatic rings. The highest BCUT2D eigenvalue weighted by molar-refractivity contribution is 5.75. The molecule has 0 aliphatic heterocycles. The quantitative estimate of drug-likeness (QED) is 0.737. The number of carbonyl (C=O) groups is 1. The Morgan fingerprint density at radius 2 is 1.82 bits per heavy atom. The summed E-state index contributed by atoms with van der Waals surface area (Å²) in [4.78, 5) is 11.7. The van der Waals surface area contributed by atoms with Crippen LogP contribution in [0.15, 0.2) is 18.2 Å². The lowest BCUT2D eigenvalue weighted by Crippen LogP contribution is -2.29. The molecule has 1 atom stereocenters. The highest BCUT2D eigenvalue weighted by Crippen LogP contribution is 2.24. The largest absolute Gasteiger partial charge is 0.478 e. The zero-order valence-corrected chi connectivity index (χ0v) is 10.9. The van der Waals surface area contributed by atoms with Crippen LogP contribution in [0.5, 0.6) is 5.75 Å². The summed E-state index contributed by atoms with van der Waals surface area (Å²) >= 11 is 0. The van der Waals surface area contributed by atoms with E-state index in [1.807, 2.05) is 39.0 Å². The van der Waals surface area contributed by atoms with Gasteiger partial charge in [0.05, 0.1) is 6.61 Å². The summed E-state index contributed by atoms with van der Waals surface area (Å²) in [5, 5.41) is 0. The molecular weight excluding hydrogens is 216 g/mol. The molecule has 0 N–H and O–H groups in total. The second-order valence-electron chi connectivity index (χ2n) is 3.99. The van der Waals surface area contributed by atoms with Gasteiger partial charge in [0.2, 0.25) is 0 Å². The summed E-state index contributed by atoms with van der Waals surface area (Å²) in [6, 6.07) is 5.92. The van der Waals surface area contributed by atoms with Crippen LogP contribution in [-0.2, 0) is 9.53 Å². The Morgan fingerprint density at radius 1 is 1.24 bits per heavy atom. The molecule has 0 aromatic heterocycles. The lowest BCUT2D eigenvalue weighted by atomic mass is 10.1. The molecule has 0 saturated heterocycles. The molecule has 0 heterocycles. The molecule has 0 radical (unpaired) electrons. The van der Waals surface area contributed by atoms with E-state index >= 15 is 0 Å². The lowest BCUT2D eigenvalue weighted by molar-refractivity contribution is -0.151. The fourth-order valence-electron chi connectivity index (χ4n) is 1.66. The second-order valence-corrected chi connectivity index (χ2v) is 3.99. The third-order valence-corrected chi connectivity index (χ3v) is 2.59. The normalized spacial score (nSPS) is 12.0. The maximum absolute atomic E-state index is 11.7. The summed E-state index contributed by atoms with van der Waals surface area (Å²) in [7, 11) is 0. The average molecular weight is 236 g/mol. The Bertz CT molecular complexity index is 365. The van der Waals surface area contributed by atoms with Crippen LogP contribution < -0.4 is 4.74 Å². The van der Waals surface area contributed by atoms with Gasteiger partial charge in [-0.1, -0.05) is 25.1 Å². The molecule has 0 saturated carbocycles. The number of para-hydroxylation sites is 1. The van der Waals surface area contributed by atoms with Crippen LogP contribution in [0.2, 0.25) is 0 Å². The first-order valence-corrected chi connectivity index (χ1v) is 5.99. The Morgan fingerprint density at radius 3 is 2.29 bits per heavy atom. The number of esters is 1. The van der Waals surface area contributed by atoms with Crippen molar-refractivity contribution in [2.24, 2.45) is 0 Å². The maximum Gasteiger partial charge on any atom is 0.347 e. The van der Waals surface area contributed by atoms with Crippen molar-refractivity contribution < 1.29 is 14.3 Å². The van der Waals surface area contributed by atoms with Gasteiger partial charge in [0.15, 0.2) is 6.10 Å². The van der Waals surface area contributed by atoms with Crippen molar-refractivity contribution in [3.63, 3.8) is 0 Å². The van der Waals surface area contributed by atoms with Gasteiger partial charge >= 0.3 is 5.97 Å². The van der Waals surface area contributed by atoms with Gasteiger partial charge in [-0.15, -0.1) is 0 Å². The minimum atomic E-state index is -0.519. The summed E-state index contributed by atoms with van der Waals surface area (Å²) < 4.78 is 10.7. The first-order chi connectivity index (χ1) is 8.10. The van der Waals surface area contributed by atoms with Crippen molar-refractivity contribution in [3.05, 3.63) is 29.3 Å². The van der Waals surface area contributed by atoms with Crippen LogP contribution in [0, 0.1) is 13.8 Å². The van der Waals surface area contributed by atoms with Crippen molar-refractivity contribution in [1.82, 2.24) is 0 Å². The summed E-state index contributed by atoms with van der Waals surface area (Å²) in [5.74, 6) is 0.491. The fourth-order valence-corrected chi connectivity index (χ4v) is 1.66. The predicted octanol–water partition coefficient (Wildman–Crippen LogP) is 3.02. The van der Waals surface area contributed by atoms with Crippen LogP contribution in [0.25, 0.3) is 0 Å². The van der Waals surface area contributed by atoms with Crippen LogP contribution in [-0.4, -0.2) is 18.7 Å². The van der Waals surface area contributed by atoms with Crippen molar-refractivity contribution in [1.29, 1.82) is 0 Å². The van der Waals surface area contributed by atoms with Gasteiger partial charge in [0, 0.05) is 0 Å². The summed E-state index contributed by atoms with van der Waals surface area (Å²) in [5.41, 5.74) is 2.07. The Balaban J connectivity index is 2.84. The first kappa shape index (κ1) is 13.6. The van der Waals surface area contributed by atoms with E-state index in [2.05, 4.69) is 0 Å². The Hall–Kier alpha value is -1.51. The minimum absolute atomic E-state index is 0.294. The van der Waals surface area contributed by atoms with Gasteiger partial charge in [-0.2, -0.15) is 0 Å². The second kappa shape index (κ2) is 6.28. The van der Waals surface area contributed by atoms with Gasteiger partial charge in [-0.05, 0) is 38.3 Å². The SMILES string of the molecule is CCOC(=O)[C@H](CC)Oc1c(C)cccc1C. The standard InChI is InChI=1S/C14H20O3/c1-5-12(14(15)16-6-2)17-13-10(3)8-7-9-11(13)4/h7-9,12H,5-6H2,1-4H3/t12-/m0/s1. The van der Waals surface area contributed by atoms with E-state index in [-0.39, 0.29) is 5.97 Å². The Labute approximate surface area is 103 Å². The van der Waals surface area contributed by atoms with Gasteiger partial charge < -0.3 is 9.47 Å². The molecule has 0 bridgehead atoms. The van der Waals surface area contributed by atoms with E-state index in [4.69, 9.17) is 9.47 Å². The van der Waals surface area contributed by atoms with Crippen LogP contribution in [0.3, 0.4) is 0 Å². The van der Waals surface area contributed by atoms with Gasteiger partial charge in [0.25, 0.3) is 0 Å². The van der Waals surface area contributed by atoms with Gasteiger partial charge in [0.1, 0.15) is 5.75 Å². The molecule has 0 spiro atoms. The number of rotatable bonds is 5. The summed E-state index contributed by atoms with van der Waals surface area (Å²) in [6.45, 7) is 8.03. The molecule has 1 aromatic carbocycles. The number of hydrogen-bond donors (Lipinski definition) is 0. The van der Waals surface area contributed by atoms with Crippen LogP contribution in [0.4, 0.5) is 0 Å². The molecule has 3 nitrogen and oxygen atoms in total. The van der Waals surface area contributed by atoms with Gasteiger partial charge in [-0.3, -0.25) is 0 Å². The van der Waals surface area contributed by atoms with Crippen molar-refractivity contribution in [2.75, 3.05) is 6.61 Å². The monoisotopic (exact) mass is 236 g/mol. The fraction of sp³-hybridized carbons (Fsp3) is 0.500. The van der Waals surface area contributed by atoms with E-state index < -0.39 is 6.10 Å². The average Bonchev–Trinajstić information content (AvgIpc) is 2.29. The van der Waals surface area contributed by atoms with Crippen molar-refractivity contribution >= 4 is 5.97 Å². The number of benzene rings is 1. The van der Waals surface area contributed by atoms with Crippen LogP contribution >= 0.6 is 0 Å². The molecule has 0 fully saturated rings. The zero-order chi connectivity index (χ0) is 12.8. The molecule has 3 heteroatoms. The predicted molar refractivity (Wildman–Crippen MR) is 67.3 cm³/mol. The highest BCUT2D eigenvalue weighted by Gasteiger charge is 2.20. The van der Waals surface area contributed by atoms with Crippen molar-refractivity contribution in [3.8, 4) is 5.75 Å². The lowest BCUT2D eigenvalue weighted by Gasteiger charge is -2.19.